The number of hydrogen-bond donors (Lipinski definition) is 2. The van der Waals surface area contributed by atoms with Crippen LogP contribution in [0.5, 0.6) is 0 Å². The van der Waals surface area contributed by atoms with Gasteiger partial charge in [-0.2, -0.15) is 0 Å². The second-order valence-electron chi connectivity index (χ2n) is 5.33. The Kier molecular flexibility index (Phi) is 5.63. The van der Waals surface area contributed by atoms with Crippen LogP contribution in [-0.2, 0) is 4.79 Å². The number of aromatic nitrogens is 1. The predicted molar refractivity (Wildman–Crippen MR) is 92.1 cm³/mol. The Morgan fingerprint density at radius 2 is 2.00 bits per heavy atom. The van der Waals surface area contributed by atoms with Gasteiger partial charge in [0.2, 0.25) is 5.91 Å². The molecule has 2 rings (SSSR count). The van der Waals surface area contributed by atoms with Crippen LogP contribution in [0.15, 0.2) is 36.5 Å². The van der Waals surface area contributed by atoms with Crippen LogP contribution in [0.2, 0.25) is 10.0 Å². The van der Waals surface area contributed by atoms with Crippen LogP contribution in [-0.4, -0.2) is 10.9 Å². The Balaban J connectivity index is 2.03. The van der Waals surface area contributed by atoms with E-state index in [1.807, 2.05) is 19.9 Å². The van der Waals surface area contributed by atoms with E-state index in [2.05, 4.69) is 15.6 Å². The van der Waals surface area contributed by atoms with Crippen LogP contribution in [0, 0.1) is 5.92 Å². The molecule has 22 heavy (non-hydrogen) atoms. The first-order valence-electron chi connectivity index (χ1n) is 6.92. The van der Waals surface area contributed by atoms with Crippen molar-refractivity contribution in [3.8, 4) is 0 Å². The van der Waals surface area contributed by atoms with Gasteiger partial charge in [-0.25, -0.2) is 4.98 Å². The molecule has 0 aliphatic rings. The van der Waals surface area contributed by atoms with Crippen molar-refractivity contribution in [2.75, 3.05) is 10.6 Å². The van der Waals surface area contributed by atoms with E-state index in [1.54, 1.807) is 30.5 Å². The number of pyridine rings is 1. The Bertz CT molecular complexity index is 657. The van der Waals surface area contributed by atoms with Crippen molar-refractivity contribution in [2.45, 2.75) is 20.3 Å². The lowest BCUT2D eigenvalue weighted by molar-refractivity contribution is -0.116. The molecule has 0 unspecified atom stereocenters. The minimum Gasteiger partial charge on any atom is -0.353 e. The molecule has 4 nitrogen and oxygen atoms in total. The molecule has 1 heterocycles. The van der Waals surface area contributed by atoms with Gasteiger partial charge in [-0.05, 0) is 36.2 Å². The molecule has 0 bridgehead atoms. The van der Waals surface area contributed by atoms with Crippen LogP contribution in [0.3, 0.4) is 0 Å². The van der Waals surface area contributed by atoms with Crippen molar-refractivity contribution in [3.63, 3.8) is 0 Å². The second-order valence-corrected chi connectivity index (χ2v) is 6.17. The second kappa shape index (κ2) is 7.47. The summed E-state index contributed by atoms with van der Waals surface area (Å²) >= 11 is 12.0. The number of amides is 1. The molecule has 1 amide bonds. The van der Waals surface area contributed by atoms with E-state index >= 15 is 0 Å². The van der Waals surface area contributed by atoms with Crippen molar-refractivity contribution in [3.05, 3.63) is 46.6 Å². The summed E-state index contributed by atoms with van der Waals surface area (Å²) in [6.45, 7) is 3.99. The summed E-state index contributed by atoms with van der Waals surface area (Å²) in [6, 6.07) is 8.73. The van der Waals surface area contributed by atoms with Gasteiger partial charge < -0.3 is 10.6 Å². The number of hydrogen-bond acceptors (Lipinski definition) is 3. The summed E-state index contributed by atoms with van der Waals surface area (Å²) < 4.78 is 0. The normalized spacial score (nSPS) is 10.6. The first-order chi connectivity index (χ1) is 10.4. The van der Waals surface area contributed by atoms with Gasteiger partial charge in [0.25, 0.3) is 0 Å². The Morgan fingerprint density at radius 1 is 1.23 bits per heavy atom. The van der Waals surface area contributed by atoms with Crippen molar-refractivity contribution in [2.24, 2.45) is 5.92 Å². The van der Waals surface area contributed by atoms with Crippen LogP contribution in [0.4, 0.5) is 17.2 Å². The average Bonchev–Trinajstić information content (AvgIpc) is 2.44. The number of nitrogens with one attached hydrogen (secondary N) is 2. The number of halogens is 2. The highest BCUT2D eigenvalue weighted by Crippen LogP contribution is 2.28. The van der Waals surface area contributed by atoms with Gasteiger partial charge >= 0.3 is 0 Å². The lowest BCUT2D eigenvalue weighted by Gasteiger charge is -2.10. The maximum absolute atomic E-state index is 11.7. The summed E-state index contributed by atoms with van der Waals surface area (Å²) in [5.41, 5.74) is 1.46. The van der Waals surface area contributed by atoms with E-state index in [0.29, 0.717) is 33.9 Å². The van der Waals surface area contributed by atoms with E-state index in [4.69, 9.17) is 23.2 Å². The fourth-order valence-electron chi connectivity index (χ4n) is 1.86. The third-order valence-electron chi connectivity index (χ3n) is 2.83. The molecule has 0 saturated carbocycles. The number of carbonyl (C=O) groups excluding carboxylic acids is 1. The van der Waals surface area contributed by atoms with E-state index in [1.165, 1.54) is 0 Å². The van der Waals surface area contributed by atoms with Crippen molar-refractivity contribution >= 4 is 46.3 Å². The molecule has 0 spiro atoms. The van der Waals surface area contributed by atoms with Crippen molar-refractivity contribution in [1.29, 1.82) is 0 Å². The lowest BCUT2D eigenvalue weighted by atomic mass is 10.1. The van der Waals surface area contributed by atoms with Crippen molar-refractivity contribution < 1.29 is 4.79 Å². The number of nitrogens with zero attached hydrogens (tertiary/aromatic N) is 1. The SMILES string of the molecule is CC(C)CC(=O)Nc1ccc(Nc2cc(Cl)ccc2Cl)cn1. The molecule has 1 aromatic carbocycles. The van der Waals surface area contributed by atoms with Gasteiger partial charge in [0, 0.05) is 11.4 Å². The fraction of sp³-hybridized carbons (Fsp3) is 0.250. The third kappa shape index (κ3) is 4.90. The maximum atomic E-state index is 11.7. The molecule has 0 fully saturated rings. The van der Waals surface area contributed by atoms with E-state index in [9.17, 15) is 4.79 Å². The topological polar surface area (TPSA) is 54.0 Å². The summed E-state index contributed by atoms with van der Waals surface area (Å²) in [5.74, 6) is 0.792. The molecule has 1 aromatic heterocycles. The number of benzene rings is 1. The highest BCUT2D eigenvalue weighted by Gasteiger charge is 2.06. The number of rotatable bonds is 5. The zero-order valence-corrected chi connectivity index (χ0v) is 13.9. The quantitative estimate of drug-likeness (QED) is 0.796. The highest BCUT2D eigenvalue weighted by atomic mass is 35.5. The molecular weight excluding hydrogens is 321 g/mol. The van der Waals surface area contributed by atoms with Gasteiger partial charge in [-0.3, -0.25) is 4.79 Å². The van der Waals surface area contributed by atoms with E-state index < -0.39 is 0 Å². The van der Waals surface area contributed by atoms with Gasteiger partial charge in [0.05, 0.1) is 22.6 Å². The standard InChI is InChI=1S/C16H17Cl2N3O/c1-10(2)7-16(22)21-15-6-4-12(9-19-15)20-14-8-11(17)3-5-13(14)18/h3-6,8-10,20H,7H2,1-2H3,(H,19,21,22). The molecule has 0 saturated heterocycles. The zero-order valence-electron chi connectivity index (χ0n) is 12.4. The Hall–Kier alpha value is -1.78. The lowest BCUT2D eigenvalue weighted by Crippen LogP contribution is -2.14. The fourth-order valence-corrected chi connectivity index (χ4v) is 2.19. The first-order valence-corrected chi connectivity index (χ1v) is 7.67. The van der Waals surface area contributed by atoms with Gasteiger partial charge in [0.15, 0.2) is 0 Å². The molecule has 0 aliphatic heterocycles. The molecule has 0 aliphatic carbocycles. The van der Waals surface area contributed by atoms with Crippen molar-refractivity contribution in [1.82, 2.24) is 4.98 Å². The van der Waals surface area contributed by atoms with Gasteiger partial charge in [-0.1, -0.05) is 37.0 Å². The molecule has 116 valence electrons. The molecular formula is C16H17Cl2N3O. The molecule has 2 N–H and O–H groups in total. The highest BCUT2D eigenvalue weighted by molar-refractivity contribution is 6.35. The third-order valence-corrected chi connectivity index (χ3v) is 3.40. The van der Waals surface area contributed by atoms with Crippen LogP contribution in [0.25, 0.3) is 0 Å². The first kappa shape index (κ1) is 16.6. The number of carbonyl (C=O) groups is 1. The van der Waals surface area contributed by atoms with Crippen LogP contribution < -0.4 is 10.6 Å². The van der Waals surface area contributed by atoms with Gasteiger partial charge in [-0.15, -0.1) is 0 Å². The smallest absolute Gasteiger partial charge is 0.225 e. The summed E-state index contributed by atoms with van der Waals surface area (Å²) in [6.07, 6.45) is 2.10. The van der Waals surface area contributed by atoms with E-state index in [0.717, 1.165) is 5.69 Å². The summed E-state index contributed by atoms with van der Waals surface area (Å²) in [7, 11) is 0. The average molecular weight is 338 g/mol. The minimum absolute atomic E-state index is 0.0407. The van der Waals surface area contributed by atoms with E-state index in [-0.39, 0.29) is 5.91 Å². The monoisotopic (exact) mass is 337 g/mol. The maximum Gasteiger partial charge on any atom is 0.225 e. The number of anilines is 3. The largest absolute Gasteiger partial charge is 0.353 e. The molecule has 0 atom stereocenters. The molecule has 6 heteroatoms. The minimum atomic E-state index is -0.0407. The van der Waals surface area contributed by atoms with Crippen LogP contribution in [0.1, 0.15) is 20.3 Å². The molecule has 0 radical (unpaired) electrons. The summed E-state index contributed by atoms with van der Waals surface area (Å²) in [5, 5.41) is 7.06. The van der Waals surface area contributed by atoms with Gasteiger partial charge in [0.1, 0.15) is 5.82 Å². The Labute approximate surface area is 139 Å². The molecule has 2 aromatic rings. The zero-order chi connectivity index (χ0) is 16.1. The summed E-state index contributed by atoms with van der Waals surface area (Å²) in [4.78, 5) is 15.9. The Morgan fingerprint density at radius 3 is 2.64 bits per heavy atom. The predicted octanol–water partition coefficient (Wildman–Crippen LogP) is 5.12. The van der Waals surface area contributed by atoms with Crippen LogP contribution >= 0.6 is 23.2 Å².